The molecule has 0 radical (unpaired) electrons. The fourth-order valence-corrected chi connectivity index (χ4v) is 5.74. The van der Waals surface area contributed by atoms with Gasteiger partial charge in [-0.15, -0.1) is 5.10 Å². The largest absolute Gasteiger partial charge is 0.492 e. The van der Waals surface area contributed by atoms with Gasteiger partial charge < -0.3 is 20.1 Å². The third-order valence-corrected chi connectivity index (χ3v) is 7.63. The van der Waals surface area contributed by atoms with Crippen LogP contribution in [0.15, 0.2) is 89.2 Å². The molecule has 0 saturated carbocycles. The molecule has 10 heteroatoms. The van der Waals surface area contributed by atoms with E-state index < -0.39 is 6.04 Å². The van der Waals surface area contributed by atoms with E-state index >= 15 is 0 Å². The van der Waals surface area contributed by atoms with Crippen molar-refractivity contribution in [1.82, 2.24) is 14.8 Å². The van der Waals surface area contributed by atoms with E-state index in [2.05, 4.69) is 10.6 Å². The number of allylic oxidation sites excluding steroid dienone is 1. The molecule has 8 nitrogen and oxygen atoms in total. The van der Waals surface area contributed by atoms with Gasteiger partial charge in [-0.25, -0.2) is 4.68 Å². The molecule has 1 amide bonds. The van der Waals surface area contributed by atoms with Crippen molar-refractivity contribution >= 4 is 40.9 Å². The molecule has 4 aromatic rings. The van der Waals surface area contributed by atoms with E-state index in [9.17, 15) is 4.79 Å². The minimum atomic E-state index is -0.552. The standard InChI is InChI=1S/C31H32ClN5O3S/c1-5-39-26-16-9-8-15-25(26)34-29(38)27-20(4)33-30-35-31(41-18-22-11-6-7-14-24(22)32)36-37(30)28(27)21-12-10-13-23(17-21)40-19(2)3/h6-17,19,28H,5,18H2,1-4H3,(H,34,38)(H,33,35,36). The van der Waals surface area contributed by atoms with Gasteiger partial charge in [0, 0.05) is 16.5 Å². The van der Waals surface area contributed by atoms with Crippen LogP contribution in [0.4, 0.5) is 11.6 Å². The molecule has 1 unspecified atom stereocenters. The molecule has 0 fully saturated rings. The van der Waals surface area contributed by atoms with E-state index in [0.29, 0.717) is 56.9 Å². The highest BCUT2D eigenvalue weighted by molar-refractivity contribution is 7.98. The summed E-state index contributed by atoms with van der Waals surface area (Å²) in [7, 11) is 0. The van der Waals surface area contributed by atoms with Crippen LogP contribution in [0.2, 0.25) is 5.02 Å². The second-order valence-corrected chi connectivity index (χ2v) is 11.1. The second-order valence-electron chi connectivity index (χ2n) is 9.73. The van der Waals surface area contributed by atoms with Crippen LogP contribution in [0.3, 0.4) is 0 Å². The molecule has 41 heavy (non-hydrogen) atoms. The highest BCUT2D eigenvalue weighted by Crippen LogP contribution is 2.39. The number of carbonyl (C=O) groups is 1. The molecular weight excluding hydrogens is 558 g/mol. The fraction of sp³-hybridized carbons (Fsp3) is 0.258. The minimum absolute atomic E-state index is 0.00290. The molecule has 2 N–H and O–H groups in total. The Labute approximate surface area is 249 Å². The highest BCUT2D eigenvalue weighted by Gasteiger charge is 2.35. The number of amides is 1. The summed E-state index contributed by atoms with van der Waals surface area (Å²) in [6.45, 7) is 8.23. The number of hydrogen-bond donors (Lipinski definition) is 2. The Morgan fingerprint density at radius 3 is 2.68 bits per heavy atom. The van der Waals surface area contributed by atoms with Crippen LogP contribution in [-0.2, 0) is 10.5 Å². The molecular formula is C31H32ClN5O3S. The van der Waals surface area contributed by atoms with Crippen LogP contribution >= 0.6 is 23.4 Å². The van der Waals surface area contributed by atoms with Crippen molar-refractivity contribution in [2.24, 2.45) is 0 Å². The molecule has 0 aliphatic carbocycles. The third kappa shape index (κ3) is 6.52. The number of benzene rings is 3. The summed E-state index contributed by atoms with van der Waals surface area (Å²) in [5, 5.41) is 12.5. The first-order chi connectivity index (χ1) is 19.8. The number of aromatic nitrogens is 3. The van der Waals surface area contributed by atoms with Crippen LogP contribution in [0.5, 0.6) is 11.5 Å². The van der Waals surface area contributed by atoms with E-state index in [1.165, 1.54) is 11.8 Å². The van der Waals surface area contributed by atoms with Crippen LogP contribution in [0.1, 0.15) is 44.9 Å². The van der Waals surface area contributed by atoms with Crippen LogP contribution in [0.25, 0.3) is 0 Å². The van der Waals surface area contributed by atoms with Gasteiger partial charge >= 0.3 is 0 Å². The molecule has 3 aromatic carbocycles. The van der Waals surface area contributed by atoms with Crippen molar-refractivity contribution in [2.75, 3.05) is 17.2 Å². The van der Waals surface area contributed by atoms with Crippen LogP contribution < -0.4 is 20.1 Å². The van der Waals surface area contributed by atoms with Gasteiger partial charge in [-0.2, -0.15) is 4.98 Å². The lowest BCUT2D eigenvalue weighted by atomic mass is 9.94. The summed E-state index contributed by atoms with van der Waals surface area (Å²) in [5.74, 6) is 2.21. The van der Waals surface area contributed by atoms with Gasteiger partial charge in [0.05, 0.1) is 24.0 Å². The molecule has 0 saturated heterocycles. The van der Waals surface area contributed by atoms with E-state index in [0.717, 1.165) is 11.1 Å². The zero-order chi connectivity index (χ0) is 28.9. The van der Waals surface area contributed by atoms with Crippen molar-refractivity contribution in [2.45, 2.75) is 50.8 Å². The van der Waals surface area contributed by atoms with Crippen molar-refractivity contribution in [3.05, 3.63) is 100 Å². The molecule has 1 aromatic heterocycles. The smallest absolute Gasteiger partial charge is 0.255 e. The summed E-state index contributed by atoms with van der Waals surface area (Å²) >= 11 is 7.86. The Hall–Kier alpha value is -3.95. The fourth-order valence-electron chi connectivity index (χ4n) is 4.62. The summed E-state index contributed by atoms with van der Waals surface area (Å²) < 4.78 is 13.5. The van der Waals surface area contributed by atoms with Crippen molar-refractivity contribution < 1.29 is 14.3 Å². The minimum Gasteiger partial charge on any atom is -0.492 e. The Bertz CT molecular complexity index is 1590. The highest BCUT2D eigenvalue weighted by atomic mass is 35.5. The molecule has 2 heterocycles. The number of ether oxygens (including phenoxy) is 2. The maximum Gasteiger partial charge on any atom is 0.255 e. The van der Waals surface area contributed by atoms with Gasteiger partial charge in [0.15, 0.2) is 0 Å². The molecule has 0 bridgehead atoms. The summed E-state index contributed by atoms with van der Waals surface area (Å²) in [4.78, 5) is 18.7. The van der Waals surface area contributed by atoms with Crippen molar-refractivity contribution in [3.8, 4) is 11.5 Å². The first-order valence-corrected chi connectivity index (χ1v) is 14.8. The number of fused-ring (bicyclic) bond motifs is 1. The number of hydrogen-bond acceptors (Lipinski definition) is 7. The Balaban J connectivity index is 1.52. The van der Waals surface area contributed by atoms with Crippen molar-refractivity contribution in [3.63, 3.8) is 0 Å². The number of halogens is 1. The molecule has 212 valence electrons. The average Bonchev–Trinajstić information content (AvgIpc) is 3.35. The zero-order valence-electron chi connectivity index (χ0n) is 23.3. The lowest BCUT2D eigenvalue weighted by Crippen LogP contribution is -2.31. The van der Waals surface area contributed by atoms with E-state index in [-0.39, 0.29) is 12.0 Å². The SMILES string of the molecule is CCOc1ccccc1NC(=O)C1=C(C)Nc2nc(SCc3ccccc3Cl)nn2C1c1cccc(OC(C)C)c1. The predicted molar refractivity (Wildman–Crippen MR) is 164 cm³/mol. The lowest BCUT2D eigenvalue weighted by molar-refractivity contribution is -0.113. The Morgan fingerprint density at radius 2 is 1.90 bits per heavy atom. The van der Waals surface area contributed by atoms with Crippen LogP contribution in [0, 0.1) is 0 Å². The third-order valence-electron chi connectivity index (χ3n) is 6.37. The van der Waals surface area contributed by atoms with E-state index in [1.54, 1.807) is 4.68 Å². The normalized spacial score (nSPS) is 14.4. The summed E-state index contributed by atoms with van der Waals surface area (Å²) in [6.07, 6.45) is 0.00290. The summed E-state index contributed by atoms with van der Waals surface area (Å²) in [5.41, 5.74) is 3.63. The van der Waals surface area contributed by atoms with Crippen molar-refractivity contribution in [1.29, 1.82) is 0 Å². The average molecular weight is 590 g/mol. The van der Waals surface area contributed by atoms with Gasteiger partial charge in [0.1, 0.15) is 17.5 Å². The van der Waals surface area contributed by atoms with Gasteiger partial charge in [-0.3, -0.25) is 4.79 Å². The maximum absolute atomic E-state index is 14.0. The number of thioether (sulfide) groups is 1. The molecule has 0 spiro atoms. The maximum atomic E-state index is 14.0. The lowest BCUT2D eigenvalue weighted by Gasteiger charge is -2.29. The number of nitrogens with one attached hydrogen (secondary N) is 2. The summed E-state index contributed by atoms with van der Waals surface area (Å²) in [6, 6.07) is 22.3. The van der Waals surface area contributed by atoms with E-state index in [1.807, 2.05) is 100 Å². The van der Waals surface area contributed by atoms with Gasteiger partial charge in [-0.05, 0) is 69.2 Å². The quantitative estimate of drug-likeness (QED) is 0.187. The number of rotatable bonds is 10. The van der Waals surface area contributed by atoms with Gasteiger partial charge in [0.25, 0.3) is 5.91 Å². The number of para-hydroxylation sites is 2. The zero-order valence-corrected chi connectivity index (χ0v) is 24.9. The number of anilines is 2. The van der Waals surface area contributed by atoms with E-state index in [4.69, 9.17) is 31.2 Å². The number of carbonyl (C=O) groups excluding carboxylic acids is 1. The monoisotopic (exact) mass is 589 g/mol. The molecule has 5 rings (SSSR count). The number of nitrogens with zero attached hydrogens (tertiary/aromatic N) is 3. The Kier molecular flexibility index (Phi) is 8.85. The first-order valence-electron chi connectivity index (χ1n) is 13.4. The molecule has 1 atom stereocenters. The first kappa shape index (κ1) is 28.6. The Morgan fingerprint density at radius 1 is 1.12 bits per heavy atom. The van der Waals surface area contributed by atoms with Gasteiger partial charge in [0.2, 0.25) is 11.1 Å². The predicted octanol–water partition coefficient (Wildman–Crippen LogP) is 7.34. The van der Waals surface area contributed by atoms with Gasteiger partial charge in [-0.1, -0.05) is 65.8 Å². The van der Waals surface area contributed by atoms with Crippen LogP contribution in [-0.4, -0.2) is 33.4 Å². The molecule has 1 aliphatic rings. The second kappa shape index (κ2) is 12.7. The molecule has 1 aliphatic heterocycles. The topological polar surface area (TPSA) is 90.3 Å².